The van der Waals surface area contributed by atoms with Gasteiger partial charge in [-0.1, -0.05) is 29.5 Å². The van der Waals surface area contributed by atoms with Crippen LogP contribution in [0.3, 0.4) is 0 Å². The number of aromatic nitrogens is 2. The van der Waals surface area contributed by atoms with E-state index in [0.717, 1.165) is 5.22 Å². The van der Waals surface area contributed by atoms with Gasteiger partial charge >= 0.3 is 0 Å². The van der Waals surface area contributed by atoms with Gasteiger partial charge in [-0.05, 0) is 6.07 Å². The topological polar surface area (TPSA) is 79.8 Å². The fourth-order valence-corrected chi connectivity index (χ4v) is 3.97. The molecule has 0 atom stereocenters. The zero-order valence-corrected chi connectivity index (χ0v) is 13.6. The fraction of sp³-hybridized carbons (Fsp3) is 0.0667. The maximum Gasteiger partial charge on any atom is 0.279 e. The van der Waals surface area contributed by atoms with Crippen LogP contribution in [0.4, 0.5) is 5.13 Å². The lowest BCUT2D eigenvalue weighted by atomic mass is 10.1. The summed E-state index contributed by atoms with van der Waals surface area (Å²) in [5.41, 5.74) is 0.416. The smallest absolute Gasteiger partial charge is 0.279 e. The number of nitrogens with zero attached hydrogens (tertiary/aromatic N) is 4. The van der Waals surface area contributed by atoms with Gasteiger partial charge in [-0.15, -0.1) is 11.3 Å². The SMILES string of the molecule is Cn1c(O)c(C2=c3ccccc3=NC2=O)s/c1=N/c1nccs1. The largest absolute Gasteiger partial charge is 0.493 e. The Labute approximate surface area is 138 Å². The van der Waals surface area contributed by atoms with E-state index in [2.05, 4.69) is 15.0 Å². The van der Waals surface area contributed by atoms with Crippen molar-refractivity contribution in [2.24, 2.45) is 17.0 Å². The Morgan fingerprint density at radius 2 is 2.13 bits per heavy atom. The van der Waals surface area contributed by atoms with Crippen molar-refractivity contribution in [3.05, 3.63) is 56.1 Å². The van der Waals surface area contributed by atoms with Crippen LogP contribution in [0.15, 0.2) is 45.8 Å². The second-order valence-electron chi connectivity index (χ2n) is 4.83. The molecule has 23 heavy (non-hydrogen) atoms. The van der Waals surface area contributed by atoms with Crippen LogP contribution in [0.2, 0.25) is 0 Å². The van der Waals surface area contributed by atoms with Crippen molar-refractivity contribution in [2.45, 2.75) is 0 Å². The van der Waals surface area contributed by atoms with Gasteiger partial charge in [0, 0.05) is 23.8 Å². The second-order valence-corrected chi connectivity index (χ2v) is 6.68. The quantitative estimate of drug-likeness (QED) is 0.749. The molecule has 114 valence electrons. The first-order chi connectivity index (χ1) is 11.1. The van der Waals surface area contributed by atoms with Crippen molar-refractivity contribution in [3.8, 4) is 5.88 Å². The molecule has 1 aromatic carbocycles. The third-order valence-electron chi connectivity index (χ3n) is 3.45. The van der Waals surface area contributed by atoms with Gasteiger partial charge < -0.3 is 5.11 Å². The predicted molar refractivity (Wildman–Crippen MR) is 87.0 cm³/mol. The monoisotopic (exact) mass is 342 g/mol. The van der Waals surface area contributed by atoms with Gasteiger partial charge in [-0.3, -0.25) is 9.36 Å². The molecule has 0 saturated carbocycles. The zero-order chi connectivity index (χ0) is 16.0. The molecule has 0 unspecified atom stereocenters. The molecule has 4 rings (SSSR count). The Kier molecular flexibility index (Phi) is 3.21. The molecule has 1 aliphatic rings. The second kappa shape index (κ2) is 5.25. The standard InChI is InChI=1S/C15H10N4O2S2/c1-19-13(21)11(23-15(19)18-14-16-6-7-22-14)10-8-4-2-3-5-9(8)17-12(10)20/h2-7,21H,1H3/b18-15+. The molecule has 0 spiro atoms. The van der Waals surface area contributed by atoms with Crippen LogP contribution in [0, 0.1) is 0 Å². The van der Waals surface area contributed by atoms with E-state index in [4.69, 9.17) is 0 Å². The molecule has 0 radical (unpaired) electrons. The van der Waals surface area contributed by atoms with Gasteiger partial charge in [0.1, 0.15) is 4.88 Å². The minimum atomic E-state index is -0.343. The molecule has 0 bridgehead atoms. The highest BCUT2D eigenvalue weighted by Crippen LogP contribution is 2.28. The Morgan fingerprint density at radius 1 is 1.30 bits per heavy atom. The number of thiazole rings is 2. The molecule has 3 aromatic rings. The maximum absolute atomic E-state index is 12.3. The number of hydrogen-bond acceptors (Lipinski definition) is 6. The molecule has 0 aliphatic carbocycles. The Bertz CT molecular complexity index is 1110. The lowest BCUT2D eigenvalue weighted by molar-refractivity contribution is -0.112. The summed E-state index contributed by atoms with van der Waals surface area (Å²) in [5.74, 6) is -0.343. The van der Waals surface area contributed by atoms with Crippen molar-refractivity contribution < 1.29 is 9.90 Å². The number of benzene rings is 1. The van der Waals surface area contributed by atoms with Crippen molar-refractivity contribution >= 4 is 39.3 Å². The lowest BCUT2D eigenvalue weighted by Gasteiger charge is -1.98. The van der Waals surface area contributed by atoms with Crippen molar-refractivity contribution in [1.29, 1.82) is 0 Å². The van der Waals surface area contributed by atoms with Gasteiger partial charge in [0.25, 0.3) is 5.91 Å². The number of rotatable bonds is 2. The third-order valence-corrected chi connectivity index (χ3v) is 5.25. The summed E-state index contributed by atoms with van der Waals surface area (Å²) in [6.07, 6.45) is 1.67. The summed E-state index contributed by atoms with van der Waals surface area (Å²) < 4.78 is 1.54. The summed E-state index contributed by atoms with van der Waals surface area (Å²) in [4.78, 5) is 25.9. The van der Waals surface area contributed by atoms with E-state index in [9.17, 15) is 9.90 Å². The molecular weight excluding hydrogens is 332 g/mol. The molecule has 0 fully saturated rings. The molecule has 1 aliphatic heterocycles. The summed E-state index contributed by atoms with van der Waals surface area (Å²) >= 11 is 2.65. The van der Waals surface area contributed by atoms with Crippen molar-refractivity contribution in [2.75, 3.05) is 0 Å². The van der Waals surface area contributed by atoms with Crippen LogP contribution >= 0.6 is 22.7 Å². The summed E-state index contributed by atoms with van der Waals surface area (Å²) in [6.45, 7) is 0. The van der Waals surface area contributed by atoms with E-state index < -0.39 is 0 Å². The number of para-hydroxylation sites is 1. The number of hydrogen-bond donors (Lipinski definition) is 1. The first-order valence-corrected chi connectivity index (χ1v) is 8.40. The van der Waals surface area contributed by atoms with Gasteiger partial charge in [-0.2, -0.15) is 4.99 Å². The van der Waals surface area contributed by atoms with E-state index in [-0.39, 0.29) is 11.8 Å². The lowest BCUT2D eigenvalue weighted by Crippen LogP contribution is -2.22. The molecule has 6 nitrogen and oxygen atoms in total. The summed E-state index contributed by atoms with van der Waals surface area (Å²) in [5, 5.41) is 14.2. The molecule has 0 saturated heterocycles. The fourth-order valence-electron chi connectivity index (χ4n) is 2.34. The van der Waals surface area contributed by atoms with E-state index in [1.165, 1.54) is 22.7 Å². The number of amides is 1. The number of fused-ring (bicyclic) bond motifs is 1. The molecule has 1 N–H and O–H groups in total. The van der Waals surface area contributed by atoms with E-state index in [0.29, 0.717) is 25.7 Å². The Balaban J connectivity index is 2.00. The van der Waals surface area contributed by atoms with Gasteiger partial charge in [-0.25, -0.2) is 9.98 Å². The van der Waals surface area contributed by atoms with E-state index in [1.807, 2.05) is 23.6 Å². The highest BCUT2D eigenvalue weighted by atomic mass is 32.1. The van der Waals surface area contributed by atoms with Crippen LogP contribution in [-0.2, 0) is 11.8 Å². The molecule has 3 heterocycles. The van der Waals surface area contributed by atoms with Gasteiger partial charge in [0.2, 0.25) is 11.0 Å². The summed E-state index contributed by atoms with van der Waals surface area (Å²) in [6, 6.07) is 7.29. The van der Waals surface area contributed by atoms with Crippen LogP contribution in [0.25, 0.3) is 5.57 Å². The minimum absolute atomic E-state index is 0.000518. The summed E-state index contributed by atoms with van der Waals surface area (Å²) in [7, 11) is 1.70. The number of carbonyl (C=O) groups is 1. The average Bonchev–Trinajstić information content (AvgIpc) is 3.22. The van der Waals surface area contributed by atoms with Crippen LogP contribution in [0.1, 0.15) is 4.88 Å². The molecular formula is C15H10N4O2S2. The van der Waals surface area contributed by atoms with Crippen LogP contribution in [-0.4, -0.2) is 20.6 Å². The number of carbonyl (C=O) groups excluding carboxylic acids is 1. The normalized spacial score (nSPS) is 14.2. The Morgan fingerprint density at radius 3 is 2.91 bits per heavy atom. The van der Waals surface area contributed by atoms with Crippen molar-refractivity contribution in [1.82, 2.24) is 9.55 Å². The van der Waals surface area contributed by atoms with E-state index in [1.54, 1.807) is 23.9 Å². The predicted octanol–water partition coefficient (Wildman–Crippen LogP) is 0.840. The van der Waals surface area contributed by atoms with Crippen molar-refractivity contribution in [3.63, 3.8) is 0 Å². The minimum Gasteiger partial charge on any atom is -0.493 e. The Hall–Kier alpha value is -2.58. The van der Waals surface area contributed by atoms with Gasteiger partial charge in [0.15, 0.2) is 4.80 Å². The molecule has 2 aromatic heterocycles. The number of aromatic hydroxyl groups is 1. The molecule has 1 amide bonds. The average molecular weight is 342 g/mol. The zero-order valence-electron chi connectivity index (χ0n) is 11.9. The van der Waals surface area contributed by atoms with Crippen LogP contribution in [0.5, 0.6) is 5.88 Å². The molecule has 8 heteroatoms. The van der Waals surface area contributed by atoms with E-state index >= 15 is 0 Å². The third kappa shape index (κ3) is 2.23. The first-order valence-electron chi connectivity index (χ1n) is 6.71. The maximum atomic E-state index is 12.3. The van der Waals surface area contributed by atoms with Gasteiger partial charge in [0.05, 0.1) is 10.9 Å². The highest BCUT2D eigenvalue weighted by molar-refractivity contribution is 7.13. The highest BCUT2D eigenvalue weighted by Gasteiger charge is 2.24. The van der Waals surface area contributed by atoms with Crippen LogP contribution < -0.4 is 15.4 Å². The first kappa shape index (κ1) is 14.0.